The first-order chi connectivity index (χ1) is 5.64. The molecule has 1 fully saturated rings. The highest BCUT2D eigenvalue weighted by atomic mass is 79.9. The van der Waals surface area contributed by atoms with Crippen molar-refractivity contribution >= 4 is 15.9 Å². The van der Waals surface area contributed by atoms with E-state index in [1.165, 1.54) is 38.9 Å². The number of likely N-dealkylation sites (tertiary alicyclic amines) is 1. The second-order valence-electron chi connectivity index (χ2n) is 4.60. The van der Waals surface area contributed by atoms with E-state index in [2.05, 4.69) is 34.7 Å². The van der Waals surface area contributed by atoms with Gasteiger partial charge in [-0.1, -0.05) is 29.8 Å². The fourth-order valence-corrected chi connectivity index (χ4v) is 1.81. The van der Waals surface area contributed by atoms with Gasteiger partial charge in [0, 0.05) is 5.33 Å². The van der Waals surface area contributed by atoms with Crippen molar-refractivity contribution in [2.45, 2.75) is 33.1 Å². The summed E-state index contributed by atoms with van der Waals surface area (Å²) < 4.78 is 0. The van der Waals surface area contributed by atoms with Gasteiger partial charge in [0.15, 0.2) is 0 Å². The minimum absolute atomic E-state index is 0.475. The van der Waals surface area contributed by atoms with E-state index in [4.69, 9.17) is 0 Å². The quantitative estimate of drug-likeness (QED) is 0.676. The molecule has 1 aliphatic rings. The lowest BCUT2D eigenvalue weighted by Gasteiger charge is -2.24. The summed E-state index contributed by atoms with van der Waals surface area (Å²) in [5.41, 5.74) is 0.475. The third-order valence-corrected chi connectivity index (χ3v) is 4.18. The highest BCUT2D eigenvalue weighted by molar-refractivity contribution is 9.09. The lowest BCUT2D eigenvalue weighted by molar-refractivity contribution is 0.270. The second kappa shape index (κ2) is 4.61. The Kier molecular flexibility index (Phi) is 4.04. The molecule has 0 bridgehead atoms. The van der Waals surface area contributed by atoms with Crippen LogP contribution in [0.5, 0.6) is 0 Å². The number of alkyl halides is 1. The molecule has 0 aromatic carbocycles. The minimum atomic E-state index is 0.475. The van der Waals surface area contributed by atoms with Gasteiger partial charge >= 0.3 is 0 Å². The Morgan fingerprint density at radius 2 is 1.83 bits per heavy atom. The van der Waals surface area contributed by atoms with E-state index >= 15 is 0 Å². The fraction of sp³-hybridized carbons (Fsp3) is 1.00. The van der Waals surface area contributed by atoms with Gasteiger partial charge in [0.05, 0.1) is 0 Å². The normalized spacial score (nSPS) is 20.2. The number of halogens is 1. The van der Waals surface area contributed by atoms with E-state index < -0.39 is 0 Å². The molecule has 1 nitrogen and oxygen atoms in total. The number of hydrogen-bond donors (Lipinski definition) is 0. The van der Waals surface area contributed by atoms with E-state index in [0.29, 0.717) is 5.41 Å². The number of nitrogens with zero attached hydrogens (tertiary/aromatic N) is 1. The summed E-state index contributed by atoms with van der Waals surface area (Å²) in [5.74, 6) is 0. The van der Waals surface area contributed by atoms with Crippen LogP contribution in [-0.4, -0.2) is 29.9 Å². The van der Waals surface area contributed by atoms with Crippen LogP contribution in [0.3, 0.4) is 0 Å². The van der Waals surface area contributed by atoms with E-state index in [9.17, 15) is 0 Å². The molecule has 1 saturated heterocycles. The van der Waals surface area contributed by atoms with Crippen LogP contribution in [0.1, 0.15) is 33.1 Å². The zero-order valence-corrected chi connectivity index (χ0v) is 9.86. The number of rotatable bonds is 4. The van der Waals surface area contributed by atoms with Gasteiger partial charge in [-0.2, -0.15) is 0 Å². The van der Waals surface area contributed by atoms with Crippen LogP contribution in [0.25, 0.3) is 0 Å². The minimum Gasteiger partial charge on any atom is -0.303 e. The molecule has 0 amide bonds. The molecule has 0 aliphatic carbocycles. The van der Waals surface area contributed by atoms with Crippen molar-refractivity contribution in [3.63, 3.8) is 0 Å². The molecule has 72 valence electrons. The highest BCUT2D eigenvalue weighted by Crippen LogP contribution is 2.23. The molecule has 12 heavy (non-hydrogen) atoms. The van der Waals surface area contributed by atoms with E-state index in [1.54, 1.807) is 0 Å². The summed E-state index contributed by atoms with van der Waals surface area (Å²) in [6.07, 6.45) is 4.14. The van der Waals surface area contributed by atoms with Gasteiger partial charge in [-0.3, -0.25) is 0 Å². The van der Waals surface area contributed by atoms with Crippen molar-refractivity contribution in [1.82, 2.24) is 4.90 Å². The maximum Gasteiger partial charge on any atom is 0.00831 e. The van der Waals surface area contributed by atoms with Crippen molar-refractivity contribution in [1.29, 1.82) is 0 Å². The lowest BCUT2D eigenvalue weighted by atomic mass is 9.92. The molecule has 1 heterocycles. The van der Waals surface area contributed by atoms with Gasteiger partial charge < -0.3 is 4.90 Å². The summed E-state index contributed by atoms with van der Waals surface area (Å²) in [6, 6.07) is 0. The Labute approximate surface area is 84.6 Å². The Bertz CT molecular complexity index is 128. The third kappa shape index (κ3) is 3.44. The molecule has 2 heteroatoms. The smallest absolute Gasteiger partial charge is 0.00831 e. The predicted octanol–water partition coefficient (Wildman–Crippen LogP) is 2.89. The molecule has 1 rings (SSSR count). The van der Waals surface area contributed by atoms with Crippen LogP contribution in [0.15, 0.2) is 0 Å². The third-order valence-electron chi connectivity index (χ3n) is 2.67. The average molecular weight is 234 g/mol. The maximum absolute atomic E-state index is 3.56. The number of hydrogen-bond acceptors (Lipinski definition) is 1. The first-order valence-corrected chi connectivity index (χ1v) is 6.04. The largest absolute Gasteiger partial charge is 0.303 e. The zero-order chi connectivity index (χ0) is 9.03. The van der Waals surface area contributed by atoms with Crippen LogP contribution in [-0.2, 0) is 0 Å². The summed E-state index contributed by atoms with van der Waals surface area (Å²) >= 11 is 3.56. The van der Waals surface area contributed by atoms with Crippen LogP contribution in [0, 0.1) is 5.41 Å². The molecule has 0 aromatic heterocycles. The van der Waals surface area contributed by atoms with Crippen molar-refractivity contribution in [3.8, 4) is 0 Å². The molecule has 0 unspecified atom stereocenters. The second-order valence-corrected chi connectivity index (χ2v) is 5.16. The van der Waals surface area contributed by atoms with Crippen LogP contribution in [0.2, 0.25) is 0 Å². The van der Waals surface area contributed by atoms with Crippen LogP contribution < -0.4 is 0 Å². The fourth-order valence-electron chi connectivity index (χ4n) is 1.53. The van der Waals surface area contributed by atoms with Gasteiger partial charge in [-0.15, -0.1) is 0 Å². The summed E-state index contributed by atoms with van der Waals surface area (Å²) in [7, 11) is 0. The molecule has 0 aromatic rings. The first-order valence-electron chi connectivity index (χ1n) is 4.92. The maximum atomic E-state index is 3.56. The van der Waals surface area contributed by atoms with Crippen LogP contribution >= 0.6 is 15.9 Å². The molecule has 0 radical (unpaired) electrons. The molecule has 0 spiro atoms. The van der Waals surface area contributed by atoms with Gasteiger partial charge in [-0.05, 0) is 44.3 Å². The molecular weight excluding hydrogens is 214 g/mol. The van der Waals surface area contributed by atoms with Gasteiger partial charge in [0.2, 0.25) is 0 Å². The molecule has 1 aliphatic heterocycles. The standard InChI is InChI=1S/C10H20BrN/c1-10(2,9-11)5-8-12-6-3-4-7-12/h3-9H2,1-2H3. The Morgan fingerprint density at radius 3 is 2.33 bits per heavy atom. The predicted molar refractivity (Wildman–Crippen MR) is 57.9 cm³/mol. The molecule has 0 N–H and O–H groups in total. The monoisotopic (exact) mass is 233 g/mol. The van der Waals surface area contributed by atoms with Gasteiger partial charge in [0.25, 0.3) is 0 Å². The highest BCUT2D eigenvalue weighted by Gasteiger charge is 2.19. The molecular formula is C10H20BrN. The Hall–Kier alpha value is 0.440. The molecule has 0 atom stereocenters. The Morgan fingerprint density at radius 1 is 1.25 bits per heavy atom. The van der Waals surface area contributed by atoms with E-state index in [1.807, 2.05) is 0 Å². The van der Waals surface area contributed by atoms with Crippen molar-refractivity contribution in [3.05, 3.63) is 0 Å². The SMILES string of the molecule is CC(C)(CBr)CCN1CCCC1. The summed E-state index contributed by atoms with van der Waals surface area (Å²) in [4.78, 5) is 2.59. The van der Waals surface area contributed by atoms with E-state index in [0.717, 1.165) is 5.33 Å². The summed E-state index contributed by atoms with van der Waals surface area (Å²) in [5, 5.41) is 1.12. The average Bonchev–Trinajstić information content (AvgIpc) is 2.53. The van der Waals surface area contributed by atoms with Crippen molar-refractivity contribution in [2.24, 2.45) is 5.41 Å². The zero-order valence-electron chi connectivity index (χ0n) is 8.27. The van der Waals surface area contributed by atoms with Gasteiger partial charge in [-0.25, -0.2) is 0 Å². The molecule has 0 saturated carbocycles. The summed E-state index contributed by atoms with van der Waals surface area (Å²) in [6.45, 7) is 8.62. The van der Waals surface area contributed by atoms with E-state index in [-0.39, 0.29) is 0 Å². The Balaban J connectivity index is 2.15. The topological polar surface area (TPSA) is 3.24 Å². The van der Waals surface area contributed by atoms with Crippen molar-refractivity contribution < 1.29 is 0 Å². The van der Waals surface area contributed by atoms with Gasteiger partial charge in [0.1, 0.15) is 0 Å². The van der Waals surface area contributed by atoms with Crippen molar-refractivity contribution in [2.75, 3.05) is 25.0 Å². The first kappa shape index (κ1) is 10.5. The lowest BCUT2D eigenvalue weighted by Crippen LogP contribution is -2.26. The van der Waals surface area contributed by atoms with Crippen LogP contribution in [0.4, 0.5) is 0 Å².